The number of fused-ring (bicyclic) bond motifs is 5. The minimum Gasteiger partial charge on any atom is -0.467 e. The maximum atomic E-state index is 13.0. The second kappa shape index (κ2) is 12.7. The van der Waals surface area contributed by atoms with E-state index in [0.29, 0.717) is 40.6 Å². The summed E-state index contributed by atoms with van der Waals surface area (Å²) in [6, 6.07) is 7.53. The fraction of sp³-hybridized carbons (Fsp3) is 0.743. The fourth-order valence-electron chi connectivity index (χ4n) is 10.2. The molecule has 0 unspecified atom stereocenters. The third-order valence-corrected chi connectivity index (χ3v) is 12.4. The molecule has 7 nitrogen and oxygen atoms in total. The van der Waals surface area contributed by atoms with Crippen molar-refractivity contribution in [3.8, 4) is 0 Å². The summed E-state index contributed by atoms with van der Waals surface area (Å²) >= 11 is 0. The van der Waals surface area contributed by atoms with Gasteiger partial charge < -0.3 is 19.9 Å². The van der Waals surface area contributed by atoms with Crippen molar-refractivity contribution in [1.29, 1.82) is 0 Å². The average molecular weight is 582 g/mol. The first-order valence-corrected chi connectivity index (χ1v) is 16.3. The van der Waals surface area contributed by atoms with Crippen molar-refractivity contribution in [2.75, 3.05) is 13.7 Å². The molecule has 1 aromatic rings. The molecule has 4 fully saturated rings. The zero-order valence-corrected chi connectivity index (χ0v) is 26.0. The van der Waals surface area contributed by atoms with Gasteiger partial charge in [0.1, 0.15) is 6.61 Å². The quantitative estimate of drug-likeness (QED) is 0.350. The van der Waals surface area contributed by atoms with Crippen molar-refractivity contribution in [2.45, 2.75) is 104 Å². The van der Waals surface area contributed by atoms with Crippen LogP contribution >= 0.6 is 0 Å². The lowest BCUT2D eigenvalue weighted by Gasteiger charge is -2.61. The van der Waals surface area contributed by atoms with Crippen LogP contribution in [0, 0.1) is 46.3 Å². The summed E-state index contributed by atoms with van der Waals surface area (Å²) in [5, 5.41) is 13.1. The highest BCUT2D eigenvalue weighted by atomic mass is 16.5. The standard InChI is InChI=1S/C35H51NO6/c1-22(10-15-31(38)36-30(33(40)41-4)21-42-32(39)23-8-6-5-7-9-23)27-13-14-28-26-12-11-24-20-25(37)16-18-34(24,2)29(26)17-19-35(27,28)3/h5-9,22,24-30,37H,10-21H2,1-4H3,(H,36,38)/t22-,24-,25-,26+,27-,28+,29+,30+,34+,35-/m1/s1. The largest absolute Gasteiger partial charge is 0.467 e. The van der Waals surface area contributed by atoms with Crippen LogP contribution in [0.15, 0.2) is 30.3 Å². The fourth-order valence-corrected chi connectivity index (χ4v) is 10.2. The molecule has 0 bridgehead atoms. The molecule has 42 heavy (non-hydrogen) atoms. The van der Waals surface area contributed by atoms with Gasteiger partial charge in [-0.25, -0.2) is 9.59 Å². The SMILES string of the molecule is COC(=O)[C@H](COC(=O)c1ccccc1)NC(=O)CC[C@@H](C)[C@H]1CC[C@H]2[C@@H]3CC[C@@H]4C[C@H](O)CC[C@]4(C)[C@H]3CC[C@]12C. The van der Waals surface area contributed by atoms with Gasteiger partial charge in [0.15, 0.2) is 6.04 Å². The van der Waals surface area contributed by atoms with Gasteiger partial charge in [0.05, 0.1) is 18.8 Å². The van der Waals surface area contributed by atoms with Crippen LogP contribution in [-0.4, -0.2) is 48.8 Å². The molecule has 2 N–H and O–H groups in total. The predicted octanol–water partition coefficient (Wildman–Crippen LogP) is 5.94. The van der Waals surface area contributed by atoms with Crippen LogP contribution in [0.3, 0.4) is 0 Å². The second-order valence-electron chi connectivity index (χ2n) is 14.4. The molecule has 4 aliphatic rings. The van der Waals surface area contributed by atoms with Gasteiger partial charge in [-0.05, 0) is 123 Å². The number of methoxy groups -OCH3 is 1. The van der Waals surface area contributed by atoms with Crippen LogP contribution in [0.1, 0.15) is 102 Å². The number of esters is 2. The number of nitrogens with one attached hydrogen (secondary N) is 1. The number of aliphatic hydroxyl groups excluding tert-OH is 1. The van der Waals surface area contributed by atoms with Crippen molar-refractivity contribution in [3.63, 3.8) is 0 Å². The Hall–Kier alpha value is -2.41. The molecule has 0 aliphatic heterocycles. The molecule has 10 atom stereocenters. The smallest absolute Gasteiger partial charge is 0.338 e. The third-order valence-electron chi connectivity index (χ3n) is 12.4. The Bertz CT molecular complexity index is 1120. The second-order valence-corrected chi connectivity index (χ2v) is 14.4. The topological polar surface area (TPSA) is 102 Å². The normalized spacial score (nSPS) is 36.9. The summed E-state index contributed by atoms with van der Waals surface area (Å²) in [4.78, 5) is 37.7. The Kier molecular flexibility index (Phi) is 9.36. The lowest BCUT2D eigenvalue weighted by atomic mass is 9.44. The van der Waals surface area contributed by atoms with E-state index in [1.165, 1.54) is 52.1 Å². The third kappa shape index (κ3) is 6.00. The Morgan fingerprint density at radius 3 is 2.43 bits per heavy atom. The summed E-state index contributed by atoms with van der Waals surface area (Å²) in [6.07, 6.45) is 11.8. The molecule has 4 saturated carbocycles. The molecule has 0 saturated heterocycles. The molecule has 0 aromatic heterocycles. The number of amides is 1. The van der Waals surface area contributed by atoms with Gasteiger partial charge in [-0.2, -0.15) is 0 Å². The van der Waals surface area contributed by atoms with E-state index in [4.69, 9.17) is 9.47 Å². The summed E-state index contributed by atoms with van der Waals surface area (Å²) in [5.74, 6) is 2.62. The molecular weight excluding hydrogens is 530 g/mol. The molecule has 0 heterocycles. The van der Waals surface area contributed by atoms with Crippen molar-refractivity contribution in [1.82, 2.24) is 5.32 Å². The Balaban J connectivity index is 1.15. The number of benzene rings is 1. The van der Waals surface area contributed by atoms with E-state index in [1.807, 2.05) is 0 Å². The van der Waals surface area contributed by atoms with E-state index in [2.05, 4.69) is 26.1 Å². The van der Waals surface area contributed by atoms with Crippen LogP contribution in [-0.2, 0) is 19.1 Å². The highest BCUT2D eigenvalue weighted by molar-refractivity contribution is 5.90. The molecule has 1 aromatic carbocycles. The van der Waals surface area contributed by atoms with Gasteiger partial charge in [-0.15, -0.1) is 0 Å². The number of hydrogen-bond donors (Lipinski definition) is 2. The van der Waals surface area contributed by atoms with Crippen LogP contribution in [0.2, 0.25) is 0 Å². The van der Waals surface area contributed by atoms with E-state index < -0.39 is 18.0 Å². The zero-order valence-electron chi connectivity index (χ0n) is 26.0. The van der Waals surface area contributed by atoms with Gasteiger partial charge in [0.25, 0.3) is 0 Å². The molecule has 0 radical (unpaired) electrons. The summed E-state index contributed by atoms with van der Waals surface area (Å²) in [7, 11) is 1.26. The molecule has 5 rings (SSSR count). The molecule has 4 aliphatic carbocycles. The number of carbonyl (C=O) groups excluding carboxylic acids is 3. The van der Waals surface area contributed by atoms with Crippen LogP contribution in [0.5, 0.6) is 0 Å². The van der Waals surface area contributed by atoms with Crippen LogP contribution in [0.25, 0.3) is 0 Å². The van der Waals surface area contributed by atoms with E-state index in [0.717, 1.165) is 37.0 Å². The van der Waals surface area contributed by atoms with Crippen LogP contribution in [0.4, 0.5) is 0 Å². The van der Waals surface area contributed by atoms with Gasteiger partial charge in [0, 0.05) is 6.42 Å². The van der Waals surface area contributed by atoms with Gasteiger partial charge in [-0.3, -0.25) is 4.79 Å². The lowest BCUT2D eigenvalue weighted by Crippen LogP contribution is -2.54. The Morgan fingerprint density at radius 2 is 1.69 bits per heavy atom. The first kappa shape index (κ1) is 31.0. The van der Waals surface area contributed by atoms with Crippen molar-refractivity contribution in [3.05, 3.63) is 35.9 Å². The minimum atomic E-state index is -1.04. The van der Waals surface area contributed by atoms with Crippen molar-refractivity contribution >= 4 is 17.8 Å². The van der Waals surface area contributed by atoms with Gasteiger partial charge in [-0.1, -0.05) is 39.0 Å². The van der Waals surface area contributed by atoms with Gasteiger partial charge >= 0.3 is 11.9 Å². The lowest BCUT2D eigenvalue weighted by molar-refractivity contribution is -0.146. The van der Waals surface area contributed by atoms with E-state index in [1.54, 1.807) is 30.3 Å². The minimum absolute atomic E-state index is 0.102. The van der Waals surface area contributed by atoms with E-state index in [9.17, 15) is 19.5 Å². The number of aliphatic hydroxyl groups is 1. The molecule has 0 spiro atoms. The number of carbonyl (C=O) groups is 3. The number of ether oxygens (including phenoxy) is 2. The van der Waals surface area contributed by atoms with E-state index in [-0.39, 0.29) is 18.6 Å². The van der Waals surface area contributed by atoms with Crippen LogP contribution < -0.4 is 5.32 Å². The van der Waals surface area contributed by atoms with Crippen molar-refractivity contribution < 1.29 is 29.0 Å². The summed E-state index contributed by atoms with van der Waals surface area (Å²) < 4.78 is 10.2. The molecular formula is C35H51NO6. The first-order chi connectivity index (χ1) is 20.1. The van der Waals surface area contributed by atoms with E-state index >= 15 is 0 Å². The number of hydrogen-bond acceptors (Lipinski definition) is 6. The average Bonchev–Trinajstić information content (AvgIpc) is 3.35. The zero-order chi connectivity index (χ0) is 30.1. The highest BCUT2D eigenvalue weighted by Crippen LogP contribution is 2.68. The monoisotopic (exact) mass is 581 g/mol. The Morgan fingerprint density at radius 1 is 0.976 bits per heavy atom. The summed E-state index contributed by atoms with van der Waals surface area (Å²) in [5.41, 5.74) is 1.09. The molecule has 1 amide bonds. The maximum absolute atomic E-state index is 13.0. The first-order valence-electron chi connectivity index (χ1n) is 16.3. The highest BCUT2D eigenvalue weighted by Gasteiger charge is 2.60. The van der Waals surface area contributed by atoms with Crippen molar-refractivity contribution in [2.24, 2.45) is 46.3 Å². The molecule has 7 heteroatoms. The predicted molar refractivity (Wildman–Crippen MR) is 160 cm³/mol. The summed E-state index contributed by atoms with van der Waals surface area (Å²) in [6.45, 7) is 7.11. The Labute approximate surface area is 251 Å². The van der Waals surface area contributed by atoms with Gasteiger partial charge in [0.2, 0.25) is 5.91 Å². The number of rotatable bonds is 9. The maximum Gasteiger partial charge on any atom is 0.338 e. The molecule has 232 valence electrons.